The zero-order valence-corrected chi connectivity index (χ0v) is 21.5. The maximum absolute atomic E-state index is 15.6. The number of nitrogens with zero attached hydrogens (tertiary/aromatic N) is 2. The van der Waals surface area contributed by atoms with Crippen molar-refractivity contribution in [1.29, 1.82) is 0 Å². The lowest BCUT2D eigenvalue weighted by atomic mass is 9.74. The van der Waals surface area contributed by atoms with E-state index in [0.29, 0.717) is 73.6 Å². The molecule has 1 fully saturated rings. The summed E-state index contributed by atoms with van der Waals surface area (Å²) in [6.45, 7) is 2.01. The number of alkyl halides is 1. The van der Waals surface area contributed by atoms with E-state index in [-0.39, 0.29) is 30.0 Å². The van der Waals surface area contributed by atoms with Crippen molar-refractivity contribution in [3.8, 4) is 5.75 Å². The first kappa shape index (κ1) is 27.6. The van der Waals surface area contributed by atoms with Crippen molar-refractivity contribution in [2.75, 3.05) is 33.4 Å². The number of fused-ring (bicyclic) bond motifs is 1. The Hall–Kier alpha value is -2.42. The van der Waals surface area contributed by atoms with Crippen LogP contribution in [0.25, 0.3) is 10.9 Å². The Morgan fingerprint density at radius 1 is 1.16 bits per heavy atom. The zero-order chi connectivity index (χ0) is 26.6. The van der Waals surface area contributed by atoms with Gasteiger partial charge in [-0.3, -0.25) is 4.98 Å². The van der Waals surface area contributed by atoms with E-state index in [1.54, 1.807) is 25.3 Å². The van der Waals surface area contributed by atoms with E-state index in [4.69, 9.17) is 16.3 Å². The summed E-state index contributed by atoms with van der Waals surface area (Å²) < 4.78 is 61.6. The molecule has 37 heavy (non-hydrogen) atoms. The number of piperidine rings is 1. The number of methoxy groups -OCH3 is 1. The van der Waals surface area contributed by atoms with Gasteiger partial charge in [0.25, 0.3) is 0 Å². The molecule has 0 bridgehead atoms. The molecule has 0 aliphatic carbocycles. The minimum atomic E-state index is -1.33. The number of likely N-dealkylation sites (tertiary alicyclic amines) is 1. The van der Waals surface area contributed by atoms with Gasteiger partial charge in [0.15, 0.2) is 11.6 Å². The van der Waals surface area contributed by atoms with Gasteiger partial charge in [-0.25, -0.2) is 17.6 Å². The van der Waals surface area contributed by atoms with Crippen LogP contribution in [-0.2, 0) is 6.42 Å². The van der Waals surface area contributed by atoms with E-state index in [0.717, 1.165) is 6.07 Å². The van der Waals surface area contributed by atoms with Crippen LogP contribution in [0.2, 0.25) is 5.02 Å². The lowest BCUT2D eigenvalue weighted by Crippen LogP contribution is -2.42. The Morgan fingerprint density at radius 3 is 2.62 bits per heavy atom. The van der Waals surface area contributed by atoms with Gasteiger partial charge in [0.05, 0.1) is 17.6 Å². The molecule has 0 amide bonds. The summed E-state index contributed by atoms with van der Waals surface area (Å²) in [6, 6.07) is 6.85. The number of aliphatic hydroxyl groups is 1. The molecular formula is C28H31ClF4N2O2. The number of benzene rings is 2. The number of hydrogen-bond acceptors (Lipinski definition) is 4. The van der Waals surface area contributed by atoms with Gasteiger partial charge in [-0.2, -0.15) is 0 Å². The van der Waals surface area contributed by atoms with Crippen molar-refractivity contribution >= 4 is 22.5 Å². The second-order valence-corrected chi connectivity index (χ2v) is 10.3. The summed E-state index contributed by atoms with van der Waals surface area (Å²) in [7, 11) is 1.54. The van der Waals surface area contributed by atoms with E-state index in [1.807, 2.05) is 0 Å². The number of aliphatic hydroxyl groups excluding tert-OH is 1. The highest BCUT2D eigenvalue weighted by atomic mass is 35.5. The number of rotatable bonds is 10. The van der Waals surface area contributed by atoms with E-state index in [2.05, 4.69) is 9.88 Å². The summed E-state index contributed by atoms with van der Waals surface area (Å²) in [6.07, 6.45) is 3.01. The van der Waals surface area contributed by atoms with E-state index in [9.17, 15) is 18.3 Å². The highest BCUT2D eigenvalue weighted by Crippen LogP contribution is 2.42. The minimum Gasteiger partial charge on any atom is -0.497 e. The number of aryl methyl sites for hydroxylation is 1. The maximum atomic E-state index is 15.6. The van der Waals surface area contributed by atoms with Gasteiger partial charge >= 0.3 is 0 Å². The fourth-order valence-electron chi connectivity index (χ4n) is 5.21. The standard InChI is InChI=1S/C28H31ClF4N2O2/c1-37-20-4-5-25-21(15-20)26(22(29)16-34-25)23(31)6-7-28(17-36)8-11-35(12-9-28)10-2-3-18-13-19(30)14-24(32)27(18)33/h4-5,13-16,23,36H,2-3,6-12,17H2,1H3/t23-/m0/s1. The quantitative estimate of drug-likeness (QED) is 0.227. The van der Waals surface area contributed by atoms with E-state index >= 15 is 4.39 Å². The van der Waals surface area contributed by atoms with Crippen LogP contribution in [0.5, 0.6) is 5.75 Å². The van der Waals surface area contributed by atoms with Gasteiger partial charge in [-0.15, -0.1) is 0 Å². The molecule has 1 aliphatic rings. The van der Waals surface area contributed by atoms with Crippen LogP contribution >= 0.6 is 11.6 Å². The predicted octanol–water partition coefficient (Wildman–Crippen LogP) is 6.81. The van der Waals surface area contributed by atoms with Crippen LogP contribution in [-0.4, -0.2) is 48.3 Å². The van der Waals surface area contributed by atoms with Crippen LogP contribution in [0.1, 0.15) is 49.4 Å². The van der Waals surface area contributed by atoms with Crippen molar-refractivity contribution in [3.63, 3.8) is 0 Å². The topological polar surface area (TPSA) is 45.6 Å². The largest absolute Gasteiger partial charge is 0.497 e. The summed E-state index contributed by atoms with van der Waals surface area (Å²) in [4.78, 5) is 6.48. The van der Waals surface area contributed by atoms with Crippen LogP contribution in [0, 0.1) is 22.9 Å². The van der Waals surface area contributed by atoms with Crippen LogP contribution in [0.3, 0.4) is 0 Å². The van der Waals surface area contributed by atoms with Crippen molar-refractivity contribution in [2.45, 2.75) is 44.7 Å². The lowest BCUT2D eigenvalue weighted by Gasteiger charge is -2.41. The summed E-state index contributed by atoms with van der Waals surface area (Å²) in [5.74, 6) is -2.37. The zero-order valence-electron chi connectivity index (χ0n) is 20.8. The fraction of sp³-hybridized carbons (Fsp3) is 0.464. The molecule has 9 heteroatoms. The third-order valence-corrected chi connectivity index (χ3v) is 7.85. The maximum Gasteiger partial charge on any atom is 0.162 e. The first-order valence-corrected chi connectivity index (χ1v) is 12.9. The Balaban J connectivity index is 1.33. The summed E-state index contributed by atoms with van der Waals surface area (Å²) >= 11 is 6.36. The van der Waals surface area contributed by atoms with Crippen LogP contribution in [0.4, 0.5) is 17.6 Å². The Labute approximate surface area is 219 Å². The fourth-order valence-corrected chi connectivity index (χ4v) is 5.48. The Morgan fingerprint density at radius 2 is 1.92 bits per heavy atom. The smallest absolute Gasteiger partial charge is 0.162 e. The molecule has 0 unspecified atom stereocenters. The molecule has 2 aromatic carbocycles. The van der Waals surface area contributed by atoms with Crippen molar-refractivity contribution < 1.29 is 27.4 Å². The average Bonchev–Trinajstić information content (AvgIpc) is 2.90. The highest BCUT2D eigenvalue weighted by Gasteiger charge is 2.35. The number of halogens is 5. The third-order valence-electron chi connectivity index (χ3n) is 7.55. The van der Waals surface area contributed by atoms with Gasteiger partial charge < -0.3 is 14.7 Å². The molecule has 1 aliphatic heterocycles. The number of pyridine rings is 1. The Kier molecular flexibility index (Phi) is 8.93. The summed E-state index contributed by atoms with van der Waals surface area (Å²) in [5.41, 5.74) is 0.658. The Bertz CT molecular complexity index is 1230. The lowest BCUT2D eigenvalue weighted by molar-refractivity contribution is 0.0300. The second kappa shape index (κ2) is 12.0. The van der Waals surface area contributed by atoms with E-state index < -0.39 is 29.0 Å². The molecule has 1 atom stereocenters. The monoisotopic (exact) mass is 538 g/mol. The average molecular weight is 539 g/mol. The number of hydrogen-bond donors (Lipinski definition) is 1. The molecule has 0 saturated carbocycles. The number of aromatic nitrogens is 1. The van der Waals surface area contributed by atoms with Crippen molar-refractivity contribution in [3.05, 3.63) is 70.1 Å². The molecule has 1 aromatic heterocycles. The van der Waals surface area contributed by atoms with Gasteiger partial charge in [0.2, 0.25) is 0 Å². The van der Waals surface area contributed by atoms with Gasteiger partial charge in [0.1, 0.15) is 17.7 Å². The molecule has 0 spiro atoms. The van der Waals surface area contributed by atoms with Gasteiger partial charge in [-0.05, 0) is 93.4 Å². The van der Waals surface area contributed by atoms with Crippen LogP contribution < -0.4 is 4.74 Å². The normalized spacial score (nSPS) is 16.7. The molecular weight excluding hydrogens is 508 g/mol. The van der Waals surface area contributed by atoms with Crippen molar-refractivity contribution in [1.82, 2.24) is 9.88 Å². The van der Waals surface area contributed by atoms with Gasteiger partial charge in [0, 0.05) is 29.8 Å². The van der Waals surface area contributed by atoms with E-state index in [1.165, 1.54) is 6.20 Å². The molecule has 2 heterocycles. The minimum absolute atomic E-state index is 0.0353. The molecule has 0 radical (unpaired) electrons. The molecule has 1 saturated heterocycles. The van der Waals surface area contributed by atoms with Gasteiger partial charge in [-0.1, -0.05) is 11.6 Å². The molecule has 4 rings (SSSR count). The number of ether oxygens (including phenoxy) is 1. The third kappa shape index (κ3) is 6.36. The molecule has 3 aromatic rings. The SMILES string of the molecule is COc1ccc2ncc(Cl)c([C@@H](F)CCC3(CO)CCN(CCCc4cc(F)cc(F)c4F)CC3)c2c1. The summed E-state index contributed by atoms with van der Waals surface area (Å²) in [5, 5.41) is 11.1. The molecule has 1 N–H and O–H groups in total. The molecule has 200 valence electrons. The first-order valence-electron chi connectivity index (χ1n) is 12.5. The highest BCUT2D eigenvalue weighted by molar-refractivity contribution is 6.32. The molecule has 4 nitrogen and oxygen atoms in total. The predicted molar refractivity (Wildman–Crippen MR) is 136 cm³/mol. The second-order valence-electron chi connectivity index (χ2n) is 9.87. The van der Waals surface area contributed by atoms with Crippen LogP contribution in [0.15, 0.2) is 36.5 Å². The first-order chi connectivity index (χ1) is 17.7. The van der Waals surface area contributed by atoms with Crippen molar-refractivity contribution in [2.24, 2.45) is 5.41 Å².